The van der Waals surface area contributed by atoms with Crippen molar-refractivity contribution in [2.24, 2.45) is 0 Å². The smallest absolute Gasteiger partial charge is 0.0992 e. The first-order valence-electron chi connectivity index (χ1n) is 5.90. The van der Waals surface area contributed by atoms with Gasteiger partial charge in [-0.3, -0.25) is 5.10 Å². The fourth-order valence-corrected chi connectivity index (χ4v) is 1.88. The molecule has 0 aliphatic heterocycles. The monoisotopic (exact) mass is 244 g/mol. The third kappa shape index (κ3) is 2.50. The maximum absolute atomic E-state index is 10.2. The number of aliphatic hydroxyl groups is 1. The van der Waals surface area contributed by atoms with Crippen molar-refractivity contribution in [1.82, 2.24) is 15.5 Å². The van der Waals surface area contributed by atoms with E-state index >= 15 is 0 Å². The number of nitrogens with zero attached hydrogens (tertiary/aromatic N) is 2. The molecule has 18 heavy (non-hydrogen) atoms. The second kappa shape index (κ2) is 5.17. The summed E-state index contributed by atoms with van der Waals surface area (Å²) in [4.78, 5) is 0. The van der Waals surface area contributed by atoms with E-state index in [0.717, 1.165) is 16.5 Å². The topological polar surface area (TPSA) is 84.7 Å². The number of H-pyrrole nitrogens is 1. The van der Waals surface area contributed by atoms with Crippen LogP contribution in [0.5, 0.6) is 0 Å². The Bertz CT molecular complexity index is 582. The van der Waals surface area contributed by atoms with Gasteiger partial charge in [-0.15, -0.1) is 0 Å². The molecule has 5 nitrogen and oxygen atoms in total. The number of aromatic amines is 1. The third-order valence-electron chi connectivity index (χ3n) is 2.80. The first-order chi connectivity index (χ1) is 8.61. The van der Waals surface area contributed by atoms with Gasteiger partial charge in [0.15, 0.2) is 0 Å². The van der Waals surface area contributed by atoms with Crippen LogP contribution in [0.3, 0.4) is 0 Å². The number of fused-ring (bicyclic) bond motifs is 1. The van der Waals surface area contributed by atoms with E-state index in [9.17, 15) is 5.11 Å². The van der Waals surface area contributed by atoms with Crippen LogP contribution < -0.4 is 5.32 Å². The average Bonchev–Trinajstić information content (AvgIpc) is 2.82. The zero-order valence-electron chi connectivity index (χ0n) is 10.4. The Labute approximate surface area is 105 Å². The normalized spacial score (nSPS) is 12.8. The van der Waals surface area contributed by atoms with E-state index in [4.69, 9.17) is 5.26 Å². The highest BCUT2D eigenvalue weighted by atomic mass is 16.3. The van der Waals surface area contributed by atoms with Crippen LogP contribution in [0.2, 0.25) is 0 Å². The van der Waals surface area contributed by atoms with Gasteiger partial charge >= 0.3 is 0 Å². The Morgan fingerprint density at radius 3 is 2.94 bits per heavy atom. The van der Waals surface area contributed by atoms with Crippen molar-refractivity contribution in [3.05, 3.63) is 29.5 Å². The van der Waals surface area contributed by atoms with Crippen molar-refractivity contribution in [3.8, 4) is 6.07 Å². The van der Waals surface area contributed by atoms with Gasteiger partial charge in [-0.05, 0) is 17.7 Å². The molecule has 1 heterocycles. The van der Waals surface area contributed by atoms with Gasteiger partial charge in [0.25, 0.3) is 0 Å². The van der Waals surface area contributed by atoms with Crippen LogP contribution in [-0.4, -0.2) is 27.9 Å². The zero-order valence-corrected chi connectivity index (χ0v) is 10.4. The summed E-state index contributed by atoms with van der Waals surface area (Å²) >= 11 is 0. The number of rotatable bonds is 4. The minimum absolute atomic E-state index is 0.304. The number of aliphatic hydroxyl groups excluding tert-OH is 1. The molecule has 0 saturated carbocycles. The molecule has 3 N–H and O–H groups in total. The van der Waals surface area contributed by atoms with Gasteiger partial charge in [-0.25, -0.2) is 0 Å². The number of hydrogen-bond acceptors (Lipinski definition) is 4. The fourth-order valence-electron chi connectivity index (χ4n) is 1.88. The summed E-state index contributed by atoms with van der Waals surface area (Å²) in [6.45, 7) is 4.49. The molecule has 0 bridgehead atoms. The largest absolute Gasteiger partial charge is 0.387 e. The fraction of sp³-hybridized carbons (Fsp3) is 0.385. The van der Waals surface area contributed by atoms with Crippen molar-refractivity contribution >= 4 is 10.9 Å². The summed E-state index contributed by atoms with van der Waals surface area (Å²) < 4.78 is 0. The van der Waals surface area contributed by atoms with Gasteiger partial charge in [-0.2, -0.15) is 10.4 Å². The predicted molar refractivity (Wildman–Crippen MR) is 68.9 cm³/mol. The molecule has 1 aromatic carbocycles. The van der Waals surface area contributed by atoms with Gasteiger partial charge in [0.2, 0.25) is 0 Å². The van der Waals surface area contributed by atoms with Crippen LogP contribution in [0.25, 0.3) is 10.9 Å². The van der Waals surface area contributed by atoms with E-state index in [1.54, 1.807) is 18.3 Å². The lowest BCUT2D eigenvalue weighted by atomic mass is 10.0. The standard InChI is InChI=1S/C13H16N4O/c1-8(2)15-7-13(18)10-3-9(5-14)4-12-11(10)6-16-17-12/h3-4,6,8,13,15,18H,7H2,1-2H3,(H,16,17)/t13-/m0/s1. The summed E-state index contributed by atoms with van der Waals surface area (Å²) in [5, 5.41) is 30.0. The molecule has 0 unspecified atom stereocenters. The maximum atomic E-state index is 10.2. The van der Waals surface area contributed by atoms with Crippen LogP contribution in [-0.2, 0) is 0 Å². The minimum atomic E-state index is -0.652. The zero-order chi connectivity index (χ0) is 13.1. The van der Waals surface area contributed by atoms with Gasteiger partial charge in [-0.1, -0.05) is 13.8 Å². The molecular weight excluding hydrogens is 228 g/mol. The highest BCUT2D eigenvalue weighted by molar-refractivity contribution is 5.83. The molecule has 0 saturated heterocycles. The van der Waals surface area contributed by atoms with Gasteiger partial charge in [0.05, 0.1) is 29.5 Å². The number of hydrogen-bond donors (Lipinski definition) is 3. The van der Waals surface area contributed by atoms with E-state index in [1.165, 1.54) is 0 Å². The number of aromatic nitrogens is 2. The van der Waals surface area contributed by atoms with Gasteiger partial charge < -0.3 is 10.4 Å². The third-order valence-corrected chi connectivity index (χ3v) is 2.80. The highest BCUT2D eigenvalue weighted by Crippen LogP contribution is 2.24. The lowest BCUT2D eigenvalue weighted by molar-refractivity contribution is 0.173. The molecule has 2 aromatic rings. The lowest BCUT2D eigenvalue weighted by Crippen LogP contribution is -2.28. The molecule has 0 aliphatic carbocycles. The van der Waals surface area contributed by atoms with Crippen LogP contribution in [0.4, 0.5) is 0 Å². The Hall–Kier alpha value is -1.90. The Morgan fingerprint density at radius 1 is 1.50 bits per heavy atom. The Kier molecular flexibility index (Phi) is 3.60. The molecule has 2 rings (SSSR count). The second-order valence-corrected chi connectivity index (χ2v) is 4.59. The molecule has 5 heteroatoms. The first kappa shape index (κ1) is 12.6. The van der Waals surface area contributed by atoms with Crippen LogP contribution >= 0.6 is 0 Å². The van der Waals surface area contributed by atoms with E-state index in [-0.39, 0.29) is 0 Å². The van der Waals surface area contributed by atoms with Crippen molar-refractivity contribution < 1.29 is 5.11 Å². The summed E-state index contributed by atoms with van der Waals surface area (Å²) in [5.74, 6) is 0. The van der Waals surface area contributed by atoms with E-state index < -0.39 is 6.10 Å². The molecule has 0 amide bonds. The molecule has 1 aromatic heterocycles. The molecule has 0 radical (unpaired) electrons. The van der Waals surface area contributed by atoms with Crippen LogP contribution in [0.15, 0.2) is 18.3 Å². The van der Waals surface area contributed by atoms with E-state index in [1.807, 2.05) is 13.8 Å². The summed E-state index contributed by atoms with van der Waals surface area (Å²) in [6, 6.07) is 5.84. The van der Waals surface area contributed by atoms with Crippen molar-refractivity contribution in [2.45, 2.75) is 26.0 Å². The van der Waals surface area contributed by atoms with Crippen LogP contribution in [0, 0.1) is 11.3 Å². The Balaban J connectivity index is 2.36. The molecule has 94 valence electrons. The molecule has 0 aliphatic rings. The van der Waals surface area contributed by atoms with E-state index in [0.29, 0.717) is 18.2 Å². The maximum Gasteiger partial charge on any atom is 0.0992 e. The quantitative estimate of drug-likeness (QED) is 0.760. The average molecular weight is 244 g/mol. The second-order valence-electron chi connectivity index (χ2n) is 4.59. The SMILES string of the molecule is CC(C)NC[C@H](O)c1cc(C#N)cc2[nH]ncc12. The van der Waals surface area contributed by atoms with Crippen LogP contribution in [0.1, 0.15) is 31.1 Å². The number of benzene rings is 1. The number of nitrogens with one attached hydrogen (secondary N) is 2. The van der Waals surface area contributed by atoms with Gasteiger partial charge in [0, 0.05) is 18.0 Å². The first-order valence-corrected chi connectivity index (χ1v) is 5.90. The number of nitriles is 1. The molecule has 0 spiro atoms. The molecular formula is C13H16N4O. The van der Waals surface area contributed by atoms with Crippen molar-refractivity contribution in [1.29, 1.82) is 5.26 Å². The van der Waals surface area contributed by atoms with E-state index in [2.05, 4.69) is 21.6 Å². The van der Waals surface area contributed by atoms with Gasteiger partial charge in [0.1, 0.15) is 0 Å². The predicted octanol–water partition coefficient (Wildman–Crippen LogP) is 1.47. The van der Waals surface area contributed by atoms with Crippen molar-refractivity contribution in [2.75, 3.05) is 6.54 Å². The summed E-state index contributed by atoms with van der Waals surface area (Å²) in [5.41, 5.74) is 2.02. The summed E-state index contributed by atoms with van der Waals surface area (Å²) in [6.07, 6.45) is 1.02. The summed E-state index contributed by atoms with van der Waals surface area (Å²) in [7, 11) is 0. The molecule has 1 atom stereocenters. The Morgan fingerprint density at radius 2 is 2.28 bits per heavy atom. The minimum Gasteiger partial charge on any atom is -0.387 e. The highest BCUT2D eigenvalue weighted by Gasteiger charge is 2.14. The van der Waals surface area contributed by atoms with Crippen molar-refractivity contribution in [3.63, 3.8) is 0 Å². The lowest BCUT2D eigenvalue weighted by Gasteiger charge is -2.15. The molecule has 0 fully saturated rings.